The van der Waals surface area contributed by atoms with Gasteiger partial charge in [0, 0.05) is 15.2 Å². The fourth-order valence-corrected chi connectivity index (χ4v) is 8.07. The molecule has 3 aliphatic rings. The van der Waals surface area contributed by atoms with Gasteiger partial charge in [-0.05, 0) is 41.5 Å². The number of imide groups is 1. The number of para-hydroxylation sites is 1. The summed E-state index contributed by atoms with van der Waals surface area (Å²) in [6.45, 7) is -0.453. The summed E-state index contributed by atoms with van der Waals surface area (Å²) in [5.74, 6) is -2.29. The van der Waals surface area contributed by atoms with Gasteiger partial charge >= 0.3 is 5.97 Å². The van der Waals surface area contributed by atoms with E-state index in [1.54, 1.807) is 30.3 Å². The van der Waals surface area contributed by atoms with Crippen molar-refractivity contribution in [1.29, 1.82) is 0 Å². The maximum Gasteiger partial charge on any atom is 0.340 e. The van der Waals surface area contributed by atoms with Crippen LogP contribution in [0.1, 0.15) is 27.1 Å². The summed E-state index contributed by atoms with van der Waals surface area (Å²) >= 11 is 7.39. The summed E-state index contributed by atoms with van der Waals surface area (Å²) in [6.07, 6.45) is 0.824. The van der Waals surface area contributed by atoms with Crippen molar-refractivity contribution in [3.8, 4) is 11.1 Å². The number of carbonyl (C=O) groups is 4. The summed E-state index contributed by atoms with van der Waals surface area (Å²) in [7, 11) is 0. The second-order valence-corrected chi connectivity index (χ2v) is 12.1. The zero-order valence-electron chi connectivity index (χ0n) is 20.1. The lowest BCUT2D eigenvalue weighted by atomic mass is 9.81. The SMILES string of the molecule is O=C(COC(=O)c1ccccc1N1C(=O)[C@H]2[C@@H]3C[C@H]([C@@H](Br)[C@H]3Br)[C@@H]2C1=O)c1ccc(-c2ccccc2)cc1. The van der Waals surface area contributed by atoms with Crippen LogP contribution in [0, 0.1) is 23.7 Å². The molecule has 1 aliphatic heterocycles. The van der Waals surface area contributed by atoms with Crippen LogP contribution in [-0.2, 0) is 14.3 Å². The highest BCUT2D eigenvalue weighted by Gasteiger charge is 2.66. The lowest BCUT2D eigenvalue weighted by Crippen LogP contribution is -2.37. The van der Waals surface area contributed by atoms with Crippen molar-refractivity contribution in [2.24, 2.45) is 23.7 Å². The number of rotatable bonds is 6. The van der Waals surface area contributed by atoms with Gasteiger partial charge in [-0.15, -0.1) is 0 Å². The molecule has 0 spiro atoms. The Morgan fingerprint density at radius 3 is 1.95 bits per heavy atom. The molecule has 1 saturated heterocycles. The molecule has 3 aromatic rings. The second-order valence-electron chi connectivity index (χ2n) is 9.98. The Bertz CT molecular complexity index is 1410. The van der Waals surface area contributed by atoms with Gasteiger partial charge < -0.3 is 4.74 Å². The number of ketones is 1. The smallest absolute Gasteiger partial charge is 0.340 e. The highest BCUT2D eigenvalue weighted by atomic mass is 79.9. The third-order valence-electron chi connectivity index (χ3n) is 8.00. The summed E-state index contributed by atoms with van der Waals surface area (Å²) < 4.78 is 5.36. The molecule has 0 radical (unpaired) electrons. The van der Waals surface area contributed by atoms with Gasteiger partial charge in [0.05, 0.1) is 23.1 Å². The van der Waals surface area contributed by atoms with Crippen molar-refractivity contribution < 1.29 is 23.9 Å². The number of carbonyl (C=O) groups excluding carboxylic acids is 4. The quantitative estimate of drug-likeness (QED) is 0.151. The van der Waals surface area contributed by atoms with Crippen molar-refractivity contribution in [1.82, 2.24) is 0 Å². The lowest BCUT2D eigenvalue weighted by Gasteiger charge is -2.28. The number of benzene rings is 3. The molecule has 3 aromatic carbocycles. The molecule has 38 heavy (non-hydrogen) atoms. The largest absolute Gasteiger partial charge is 0.454 e. The molecule has 8 heteroatoms. The Kier molecular flexibility index (Phi) is 6.56. The minimum Gasteiger partial charge on any atom is -0.454 e. The minimum absolute atomic E-state index is 0.0702. The third kappa shape index (κ3) is 4.05. The Labute approximate surface area is 236 Å². The molecule has 6 atom stereocenters. The van der Waals surface area contributed by atoms with Crippen LogP contribution in [-0.4, -0.2) is 39.8 Å². The van der Waals surface area contributed by atoms with Crippen molar-refractivity contribution >= 4 is 61.1 Å². The van der Waals surface area contributed by atoms with Crippen LogP contribution in [0.4, 0.5) is 5.69 Å². The summed E-state index contributed by atoms with van der Waals surface area (Å²) in [5.41, 5.74) is 2.73. The van der Waals surface area contributed by atoms with E-state index in [-0.39, 0.29) is 50.3 Å². The van der Waals surface area contributed by atoms with E-state index in [9.17, 15) is 19.2 Å². The van der Waals surface area contributed by atoms with E-state index in [0.29, 0.717) is 5.56 Å². The Morgan fingerprint density at radius 1 is 0.763 bits per heavy atom. The van der Waals surface area contributed by atoms with Gasteiger partial charge in [0.1, 0.15) is 0 Å². The van der Waals surface area contributed by atoms with E-state index < -0.39 is 24.4 Å². The first-order chi connectivity index (χ1) is 18.4. The Morgan fingerprint density at radius 2 is 1.32 bits per heavy atom. The van der Waals surface area contributed by atoms with Gasteiger partial charge in [-0.1, -0.05) is 98.6 Å². The topological polar surface area (TPSA) is 80.8 Å². The standard InChI is InChI=1S/C30H23Br2NO5/c31-26-20-14-21(27(26)32)25-24(20)28(35)33(29(25)36)22-9-5-4-8-19(22)30(37)38-15-23(34)18-12-10-17(11-13-18)16-6-2-1-3-7-16/h1-13,20-21,24-27H,14-15H2/t20-,21-,24-,25-,26-,27+/m0/s1. The summed E-state index contributed by atoms with van der Waals surface area (Å²) in [6, 6.07) is 23.3. The van der Waals surface area contributed by atoms with E-state index in [1.165, 1.54) is 6.07 Å². The number of ether oxygens (including phenoxy) is 1. The number of anilines is 1. The predicted octanol–water partition coefficient (Wildman–Crippen LogP) is 5.68. The first-order valence-electron chi connectivity index (χ1n) is 12.5. The van der Waals surface area contributed by atoms with Gasteiger partial charge in [0.2, 0.25) is 11.8 Å². The number of fused-ring (bicyclic) bond motifs is 5. The second kappa shape index (κ2) is 9.89. The predicted molar refractivity (Wildman–Crippen MR) is 149 cm³/mol. The fraction of sp³-hybridized carbons (Fsp3) is 0.267. The van der Waals surface area contributed by atoms with E-state index in [2.05, 4.69) is 31.9 Å². The third-order valence-corrected chi connectivity index (χ3v) is 11.2. The zero-order valence-corrected chi connectivity index (χ0v) is 23.3. The summed E-state index contributed by atoms with van der Waals surface area (Å²) in [5, 5.41) is 0. The van der Waals surface area contributed by atoms with Gasteiger partial charge in [-0.25, -0.2) is 9.69 Å². The fourth-order valence-electron chi connectivity index (χ4n) is 6.20. The molecule has 3 fully saturated rings. The van der Waals surface area contributed by atoms with Crippen LogP contribution in [0.5, 0.6) is 0 Å². The van der Waals surface area contributed by atoms with E-state index in [4.69, 9.17) is 4.74 Å². The van der Waals surface area contributed by atoms with E-state index in [1.807, 2.05) is 42.5 Å². The van der Waals surface area contributed by atoms with Crippen LogP contribution in [0.2, 0.25) is 0 Å². The maximum atomic E-state index is 13.5. The minimum atomic E-state index is -0.757. The van der Waals surface area contributed by atoms with Gasteiger partial charge in [0.25, 0.3) is 0 Å². The average molecular weight is 637 g/mol. The normalized spacial score (nSPS) is 27.5. The number of amides is 2. The highest BCUT2D eigenvalue weighted by Crippen LogP contribution is 2.60. The molecule has 0 unspecified atom stereocenters. The molecular formula is C30H23Br2NO5. The Hall–Kier alpha value is -3.10. The number of hydrogen-bond donors (Lipinski definition) is 0. The van der Waals surface area contributed by atoms with Crippen LogP contribution >= 0.6 is 31.9 Å². The summed E-state index contributed by atoms with van der Waals surface area (Å²) in [4.78, 5) is 54.1. The molecule has 6 nitrogen and oxygen atoms in total. The van der Waals surface area contributed by atoms with Gasteiger partial charge in [-0.2, -0.15) is 0 Å². The number of nitrogens with zero attached hydrogens (tertiary/aromatic N) is 1. The number of alkyl halides is 2. The molecular weight excluding hydrogens is 614 g/mol. The zero-order chi connectivity index (χ0) is 26.6. The van der Waals surface area contributed by atoms with Gasteiger partial charge in [-0.3, -0.25) is 14.4 Å². The lowest BCUT2D eigenvalue weighted by molar-refractivity contribution is -0.123. The van der Waals surface area contributed by atoms with Crippen molar-refractivity contribution in [3.63, 3.8) is 0 Å². The molecule has 2 bridgehead atoms. The van der Waals surface area contributed by atoms with Crippen LogP contribution in [0.3, 0.4) is 0 Å². The van der Waals surface area contributed by atoms with Crippen molar-refractivity contribution in [2.45, 2.75) is 16.1 Å². The molecule has 2 amide bonds. The molecule has 2 saturated carbocycles. The first-order valence-corrected chi connectivity index (χ1v) is 14.3. The molecule has 0 N–H and O–H groups in total. The van der Waals surface area contributed by atoms with Crippen molar-refractivity contribution in [3.05, 3.63) is 90.0 Å². The molecule has 6 rings (SSSR count). The monoisotopic (exact) mass is 635 g/mol. The number of Topliss-reactive ketones (excluding diaryl/α,β-unsaturated/α-hetero) is 1. The van der Waals surface area contributed by atoms with Crippen molar-refractivity contribution in [2.75, 3.05) is 11.5 Å². The van der Waals surface area contributed by atoms with E-state index in [0.717, 1.165) is 22.4 Å². The molecule has 0 aromatic heterocycles. The number of esters is 1. The van der Waals surface area contributed by atoms with Gasteiger partial charge in [0.15, 0.2) is 12.4 Å². The molecule has 192 valence electrons. The van der Waals surface area contributed by atoms with Crippen LogP contribution < -0.4 is 4.90 Å². The Balaban J connectivity index is 1.17. The maximum absolute atomic E-state index is 13.5. The van der Waals surface area contributed by atoms with E-state index >= 15 is 0 Å². The first kappa shape index (κ1) is 25.2. The number of halogens is 2. The highest BCUT2D eigenvalue weighted by molar-refractivity contribution is 9.12. The van der Waals surface area contributed by atoms with Crippen LogP contribution in [0.15, 0.2) is 78.9 Å². The molecule has 1 heterocycles. The molecule has 2 aliphatic carbocycles. The van der Waals surface area contributed by atoms with Crippen LogP contribution in [0.25, 0.3) is 11.1 Å². The average Bonchev–Trinajstić information content (AvgIpc) is 3.56. The number of hydrogen-bond acceptors (Lipinski definition) is 5.